The van der Waals surface area contributed by atoms with Gasteiger partial charge in [-0.15, -0.1) is 11.6 Å². The summed E-state index contributed by atoms with van der Waals surface area (Å²) in [6.45, 7) is 3.81. The van der Waals surface area contributed by atoms with E-state index in [0.717, 1.165) is 19.6 Å². The van der Waals surface area contributed by atoms with Gasteiger partial charge in [0.2, 0.25) is 0 Å². The summed E-state index contributed by atoms with van der Waals surface area (Å²) in [5.74, 6) is 0.560. The number of rotatable bonds is 7. The normalized spacial score (nSPS) is 14.7. The van der Waals surface area contributed by atoms with Crippen LogP contribution in [0.1, 0.15) is 18.9 Å². The number of hydrogen-bond donors (Lipinski definition) is 1. The van der Waals surface area contributed by atoms with Gasteiger partial charge >= 0.3 is 0 Å². The molecule has 3 heteroatoms. The van der Waals surface area contributed by atoms with Crippen molar-refractivity contribution in [2.24, 2.45) is 0 Å². The van der Waals surface area contributed by atoms with Crippen LogP contribution in [0.15, 0.2) is 30.3 Å². The van der Waals surface area contributed by atoms with Crippen LogP contribution in [0.5, 0.6) is 0 Å². The van der Waals surface area contributed by atoms with E-state index in [0.29, 0.717) is 5.88 Å². The summed E-state index contributed by atoms with van der Waals surface area (Å²) < 4.78 is 5.02. The molecule has 2 nitrogen and oxygen atoms in total. The molecule has 0 saturated heterocycles. The Morgan fingerprint density at radius 3 is 2.56 bits per heavy atom. The Morgan fingerprint density at radius 1 is 1.31 bits per heavy atom. The molecule has 0 aliphatic rings. The number of nitrogens with one attached hydrogen (secondary N) is 1. The molecule has 0 bridgehead atoms. The van der Waals surface area contributed by atoms with Gasteiger partial charge in [0.15, 0.2) is 0 Å². The third-order valence-electron chi connectivity index (χ3n) is 2.72. The van der Waals surface area contributed by atoms with Gasteiger partial charge in [0.1, 0.15) is 0 Å². The van der Waals surface area contributed by atoms with E-state index >= 15 is 0 Å². The minimum absolute atomic E-state index is 0.156. The van der Waals surface area contributed by atoms with Crippen LogP contribution in [0, 0.1) is 0 Å². The van der Waals surface area contributed by atoms with Crippen molar-refractivity contribution in [1.29, 1.82) is 0 Å². The van der Waals surface area contributed by atoms with Gasteiger partial charge in [-0.25, -0.2) is 0 Å². The number of benzene rings is 1. The Kier molecular flexibility index (Phi) is 5.81. The third-order valence-corrected chi connectivity index (χ3v) is 3.25. The molecule has 0 heterocycles. The van der Waals surface area contributed by atoms with Crippen molar-refractivity contribution in [3.05, 3.63) is 35.9 Å². The average Bonchev–Trinajstić information content (AvgIpc) is 2.35. The Balaban J connectivity index is 2.56. The second kappa shape index (κ2) is 6.89. The Morgan fingerprint density at radius 2 is 2.00 bits per heavy atom. The summed E-state index contributed by atoms with van der Waals surface area (Å²) in [5.41, 5.74) is 1.07. The molecule has 1 unspecified atom stereocenters. The third kappa shape index (κ3) is 3.78. The van der Waals surface area contributed by atoms with Crippen LogP contribution in [0.3, 0.4) is 0 Å². The van der Waals surface area contributed by atoms with Crippen molar-refractivity contribution >= 4 is 11.6 Å². The van der Waals surface area contributed by atoms with Gasteiger partial charge in [-0.3, -0.25) is 0 Å². The van der Waals surface area contributed by atoms with Crippen molar-refractivity contribution in [3.63, 3.8) is 0 Å². The maximum Gasteiger partial charge on any atom is 0.0543 e. The molecular formula is C13H20ClNO. The zero-order valence-electron chi connectivity index (χ0n) is 10.0. The SMILES string of the molecule is COCCCNC(C)(CCl)c1ccccc1. The molecule has 0 fully saturated rings. The molecule has 0 spiro atoms. The van der Waals surface area contributed by atoms with E-state index in [9.17, 15) is 0 Å². The average molecular weight is 242 g/mol. The van der Waals surface area contributed by atoms with Crippen molar-refractivity contribution in [2.75, 3.05) is 26.1 Å². The lowest BCUT2D eigenvalue weighted by atomic mass is 9.94. The van der Waals surface area contributed by atoms with Gasteiger partial charge in [-0.2, -0.15) is 0 Å². The summed E-state index contributed by atoms with van der Waals surface area (Å²) in [5, 5.41) is 3.48. The van der Waals surface area contributed by atoms with Gasteiger partial charge in [0.25, 0.3) is 0 Å². The van der Waals surface area contributed by atoms with Crippen LogP contribution in [0.25, 0.3) is 0 Å². The number of hydrogen-bond acceptors (Lipinski definition) is 2. The first-order chi connectivity index (χ1) is 7.73. The van der Waals surface area contributed by atoms with Crippen LogP contribution in [-0.4, -0.2) is 26.1 Å². The maximum atomic E-state index is 6.06. The fourth-order valence-electron chi connectivity index (χ4n) is 1.61. The molecule has 0 amide bonds. The molecule has 1 aromatic rings. The Labute approximate surface area is 103 Å². The lowest BCUT2D eigenvalue weighted by Gasteiger charge is -2.29. The molecule has 0 aliphatic carbocycles. The fourth-order valence-corrected chi connectivity index (χ4v) is 1.86. The van der Waals surface area contributed by atoms with Crippen LogP contribution in [0.4, 0.5) is 0 Å². The fraction of sp³-hybridized carbons (Fsp3) is 0.538. The van der Waals surface area contributed by atoms with Gasteiger partial charge in [-0.1, -0.05) is 30.3 Å². The zero-order valence-corrected chi connectivity index (χ0v) is 10.8. The lowest BCUT2D eigenvalue weighted by molar-refractivity contribution is 0.191. The maximum absolute atomic E-state index is 6.06. The highest BCUT2D eigenvalue weighted by molar-refractivity contribution is 6.18. The molecule has 0 aromatic heterocycles. The van der Waals surface area contributed by atoms with Crippen LogP contribution in [-0.2, 0) is 10.3 Å². The molecule has 1 N–H and O–H groups in total. The summed E-state index contributed by atoms with van der Waals surface area (Å²) in [6, 6.07) is 10.3. The summed E-state index contributed by atoms with van der Waals surface area (Å²) in [7, 11) is 1.72. The van der Waals surface area contributed by atoms with Crippen molar-refractivity contribution in [1.82, 2.24) is 5.32 Å². The predicted molar refractivity (Wildman–Crippen MR) is 69.0 cm³/mol. The summed E-state index contributed by atoms with van der Waals surface area (Å²) in [6.07, 6.45) is 0.996. The van der Waals surface area contributed by atoms with E-state index in [1.54, 1.807) is 7.11 Å². The highest BCUT2D eigenvalue weighted by Crippen LogP contribution is 2.21. The first kappa shape index (κ1) is 13.5. The number of alkyl halides is 1. The topological polar surface area (TPSA) is 21.3 Å². The monoisotopic (exact) mass is 241 g/mol. The van der Waals surface area contributed by atoms with E-state index in [1.165, 1.54) is 5.56 Å². The van der Waals surface area contributed by atoms with Gasteiger partial charge in [-0.05, 0) is 25.5 Å². The summed E-state index contributed by atoms with van der Waals surface area (Å²) >= 11 is 6.06. The molecule has 0 radical (unpaired) electrons. The second-order valence-electron chi connectivity index (χ2n) is 4.10. The standard InChI is InChI=1S/C13H20ClNO/c1-13(11-14,15-9-6-10-16-2)12-7-4-3-5-8-12/h3-5,7-8,15H,6,9-11H2,1-2H3. The zero-order chi connectivity index (χ0) is 11.9. The van der Waals surface area contributed by atoms with Crippen LogP contribution in [0.2, 0.25) is 0 Å². The quantitative estimate of drug-likeness (QED) is 0.586. The smallest absolute Gasteiger partial charge is 0.0543 e. The predicted octanol–water partition coefficient (Wildman–Crippen LogP) is 2.77. The Bertz CT molecular complexity index is 291. The number of methoxy groups -OCH3 is 1. The first-order valence-electron chi connectivity index (χ1n) is 5.58. The van der Waals surface area contributed by atoms with E-state index in [1.807, 2.05) is 18.2 Å². The molecular weight excluding hydrogens is 222 g/mol. The van der Waals surface area contributed by atoms with Crippen LogP contribution >= 0.6 is 11.6 Å². The van der Waals surface area contributed by atoms with E-state index in [2.05, 4.69) is 24.4 Å². The molecule has 16 heavy (non-hydrogen) atoms. The van der Waals surface area contributed by atoms with Crippen molar-refractivity contribution in [3.8, 4) is 0 Å². The van der Waals surface area contributed by atoms with Crippen LogP contribution < -0.4 is 5.32 Å². The largest absolute Gasteiger partial charge is 0.385 e. The molecule has 0 aliphatic heterocycles. The molecule has 90 valence electrons. The van der Waals surface area contributed by atoms with Crippen molar-refractivity contribution < 1.29 is 4.74 Å². The van der Waals surface area contributed by atoms with E-state index < -0.39 is 0 Å². The van der Waals surface area contributed by atoms with Gasteiger partial charge in [0, 0.05) is 19.6 Å². The van der Waals surface area contributed by atoms with Gasteiger partial charge in [0.05, 0.1) is 5.54 Å². The molecule has 1 rings (SSSR count). The van der Waals surface area contributed by atoms with Crippen molar-refractivity contribution in [2.45, 2.75) is 18.9 Å². The van der Waals surface area contributed by atoms with E-state index in [-0.39, 0.29) is 5.54 Å². The highest BCUT2D eigenvalue weighted by atomic mass is 35.5. The minimum Gasteiger partial charge on any atom is -0.385 e. The second-order valence-corrected chi connectivity index (χ2v) is 4.37. The number of halogens is 1. The molecule has 1 aromatic carbocycles. The molecule has 1 atom stereocenters. The lowest BCUT2D eigenvalue weighted by Crippen LogP contribution is -2.42. The molecule has 0 saturated carbocycles. The highest BCUT2D eigenvalue weighted by Gasteiger charge is 2.23. The first-order valence-corrected chi connectivity index (χ1v) is 6.12. The Hall–Kier alpha value is -0.570. The van der Waals surface area contributed by atoms with Gasteiger partial charge < -0.3 is 10.1 Å². The number of ether oxygens (including phenoxy) is 1. The van der Waals surface area contributed by atoms with E-state index in [4.69, 9.17) is 16.3 Å². The summed E-state index contributed by atoms with van der Waals surface area (Å²) in [4.78, 5) is 0. The minimum atomic E-state index is -0.156.